The summed E-state index contributed by atoms with van der Waals surface area (Å²) in [6.45, 7) is 7.67. The molecule has 1 heterocycles. The van der Waals surface area contributed by atoms with Gasteiger partial charge in [-0.15, -0.1) is 0 Å². The summed E-state index contributed by atoms with van der Waals surface area (Å²) in [4.78, 5) is 0. The van der Waals surface area contributed by atoms with Crippen molar-refractivity contribution < 1.29 is 14.2 Å². The summed E-state index contributed by atoms with van der Waals surface area (Å²) in [5, 5.41) is 3.49. The monoisotopic (exact) mass is 251 g/mol. The van der Waals surface area contributed by atoms with Crippen LogP contribution in [-0.2, 0) is 6.54 Å². The summed E-state index contributed by atoms with van der Waals surface area (Å²) in [7, 11) is 1.64. The van der Waals surface area contributed by atoms with E-state index in [1.807, 2.05) is 12.1 Å². The Bertz CT molecular complexity index is 418. The molecule has 1 aromatic rings. The van der Waals surface area contributed by atoms with Crippen LogP contribution in [0.15, 0.2) is 12.1 Å². The van der Waals surface area contributed by atoms with Crippen LogP contribution in [0.3, 0.4) is 0 Å². The fourth-order valence-electron chi connectivity index (χ4n) is 1.80. The zero-order valence-electron chi connectivity index (χ0n) is 11.4. The first kappa shape index (κ1) is 13.0. The largest absolute Gasteiger partial charge is 0.493 e. The topological polar surface area (TPSA) is 39.7 Å². The average molecular weight is 251 g/mol. The Kier molecular flexibility index (Phi) is 3.97. The van der Waals surface area contributed by atoms with Crippen molar-refractivity contribution in [2.75, 3.05) is 13.9 Å². The van der Waals surface area contributed by atoms with Gasteiger partial charge in [0.1, 0.15) is 0 Å². The predicted octanol–water partition coefficient (Wildman–Crippen LogP) is 2.56. The Morgan fingerprint density at radius 2 is 2.06 bits per heavy atom. The summed E-state index contributed by atoms with van der Waals surface area (Å²) >= 11 is 0. The fraction of sp³-hybridized carbons (Fsp3) is 0.571. The normalized spacial score (nSPS) is 14.9. The van der Waals surface area contributed by atoms with Gasteiger partial charge in [0.05, 0.1) is 7.11 Å². The Hall–Kier alpha value is -1.42. The number of fused-ring (bicyclic) bond motifs is 1. The van der Waals surface area contributed by atoms with Crippen LogP contribution in [0.4, 0.5) is 0 Å². The van der Waals surface area contributed by atoms with Crippen LogP contribution in [-0.4, -0.2) is 19.9 Å². The Morgan fingerprint density at radius 3 is 2.72 bits per heavy atom. The molecule has 0 radical (unpaired) electrons. The highest BCUT2D eigenvalue weighted by Gasteiger charge is 2.20. The van der Waals surface area contributed by atoms with Crippen LogP contribution < -0.4 is 19.5 Å². The van der Waals surface area contributed by atoms with Crippen molar-refractivity contribution in [3.63, 3.8) is 0 Å². The predicted molar refractivity (Wildman–Crippen MR) is 70.3 cm³/mol. The first-order chi connectivity index (χ1) is 8.61. The summed E-state index contributed by atoms with van der Waals surface area (Å²) in [6, 6.07) is 4.47. The highest BCUT2D eigenvalue weighted by molar-refractivity contribution is 5.55. The standard InChI is InChI=1S/C14H21NO3/c1-9(2)10(3)15-7-11-5-12(16-4)14-13(6-11)17-8-18-14/h5-6,9-10,15H,7-8H2,1-4H3. The Balaban J connectivity index is 2.10. The van der Waals surface area contributed by atoms with Gasteiger partial charge in [-0.05, 0) is 30.5 Å². The highest BCUT2D eigenvalue weighted by atomic mass is 16.7. The maximum Gasteiger partial charge on any atom is 0.231 e. The summed E-state index contributed by atoms with van der Waals surface area (Å²) in [6.07, 6.45) is 0. The molecular formula is C14H21NO3. The molecule has 0 saturated heterocycles. The number of ether oxygens (including phenoxy) is 3. The molecular weight excluding hydrogens is 230 g/mol. The van der Waals surface area contributed by atoms with Crippen molar-refractivity contribution in [2.24, 2.45) is 5.92 Å². The third kappa shape index (κ3) is 2.70. The molecule has 1 aliphatic rings. The fourth-order valence-corrected chi connectivity index (χ4v) is 1.80. The molecule has 0 spiro atoms. The molecule has 0 aromatic heterocycles. The first-order valence-electron chi connectivity index (χ1n) is 6.31. The van der Waals surface area contributed by atoms with Gasteiger partial charge in [0, 0.05) is 12.6 Å². The van der Waals surface area contributed by atoms with E-state index in [9.17, 15) is 0 Å². The van der Waals surface area contributed by atoms with Gasteiger partial charge in [0.2, 0.25) is 12.5 Å². The second-order valence-electron chi connectivity index (χ2n) is 4.95. The lowest BCUT2D eigenvalue weighted by molar-refractivity contribution is 0.171. The van der Waals surface area contributed by atoms with E-state index in [1.165, 1.54) is 0 Å². The van der Waals surface area contributed by atoms with Gasteiger partial charge in [0.25, 0.3) is 0 Å². The van der Waals surface area contributed by atoms with Gasteiger partial charge in [-0.3, -0.25) is 0 Å². The summed E-state index contributed by atoms with van der Waals surface area (Å²) < 4.78 is 16.1. The molecule has 4 nitrogen and oxygen atoms in total. The minimum atomic E-state index is 0.269. The molecule has 18 heavy (non-hydrogen) atoms. The lowest BCUT2D eigenvalue weighted by Crippen LogP contribution is -2.30. The van der Waals surface area contributed by atoms with E-state index in [4.69, 9.17) is 14.2 Å². The van der Waals surface area contributed by atoms with E-state index in [2.05, 4.69) is 26.1 Å². The molecule has 2 rings (SSSR count). The van der Waals surface area contributed by atoms with Crippen molar-refractivity contribution >= 4 is 0 Å². The number of rotatable bonds is 5. The zero-order chi connectivity index (χ0) is 13.1. The smallest absolute Gasteiger partial charge is 0.231 e. The molecule has 0 aliphatic carbocycles. The van der Waals surface area contributed by atoms with Crippen molar-refractivity contribution in [3.8, 4) is 17.2 Å². The Labute approximate surface area is 108 Å². The molecule has 100 valence electrons. The van der Waals surface area contributed by atoms with Crippen LogP contribution in [0.2, 0.25) is 0 Å². The summed E-state index contributed by atoms with van der Waals surface area (Å²) in [5.74, 6) is 2.82. The molecule has 4 heteroatoms. The molecule has 1 aliphatic heterocycles. The molecule has 1 aromatic carbocycles. The van der Waals surface area contributed by atoms with Crippen LogP contribution in [0, 0.1) is 5.92 Å². The van der Waals surface area contributed by atoms with E-state index in [-0.39, 0.29) is 6.79 Å². The van der Waals surface area contributed by atoms with E-state index >= 15 is 0 Å². The van der Waals surface area contributed by atoms with Gasteiger partial charge >= 0.3 is 0 Å². The van der Waals surface area contributed by atoms with Crippen molar-refractivity contribution in [3.05, 3.63) is 17.7 Å². The molecule has 1 unspecified atom stereocenters. The SMILES string of the molecule is COc1cc(CNC(C)C(C)C)cc2c1OCO2. The molecule has 0 saturated carbocycles. The first-order valence-corrected chi connectivity index (χ1v) is 6.31. The van der Waals surface area contributed by atoms with Crippen molar-refractivity contribution in [1.29, 1.82) is 0 Å². The maximum atomic E-state index is 5.41. The third-order valence-corrected chi connectivity index (χ3v) is 3.35. The average Bonchev–Trinajstić information content (AvgIpc) is 2.82. The number of nitrogens with one attached hydrogen (secondary N) is 1. The van der Waals surface area contributed by atoms with Gasteiger partial charge < -0.3 is 19.5 Å². The minimum absolute atomic E-state index is 0.269. The second kappa shape index (κ2) is 5.48. The van der Waals surface area contributed by atoms with E-state index in [0.717, 1.165) is 23.6 Å². The molecule has 0 bridgehead atoms. The molecule has 1 atom stereocenters. The molecule has 1 N–H and O–H groups in total. The molecule has 0 amide bonds. The van der Waals surface area contributed by atoms with Crippen molar-refractivity contribution in [1.82, 2.24) is 5.32 Å². The number of hydrogen-bond donors (Lipinski definition) is 1. The quantitative estimate of drug-likeness (QED) is 0.873. The summed E-state index contributed by atoms with van der Waals surface area (Å²) in [5.41, 5.74) is 1.14. The van der Waals surface area contributed by atoms with Gasteiger partial charge in [-0.2, -0.15) is 0 Å². The van der Waals surface area contributed by atoms with E-state index in [0.29, 0.717) is 17.7 Å². The van der Waals surface area contributed by atoms with E-state index in [1.54, 1.807) is 7.11 Å². The van der Waals surface area contributed by atoms with E-state index < -0.39 is 0 Å². The number of hydrogen-bond acceptors (Lipinski definition) is 4. The van der Waals surface area contributed by atoms with Crippen LogP contribution in [0.1, 0.15) is 26.3 Å². The highest BCUT2D eigenvalue weighted by Crippen LogP contribution is 2.41. The van der Waals surface area contributed by atoms with Gasteiger partial charge in [-0.1, -0.05) is 13.8 Å². The third-order valence-electron chi connectivity index (χ3n) is 3.35. The van der Waals surface area contributed by atoms with Gasteiger partial charge in [-0.25, -0.2) is 0 Å². The lowest BCUT2D eigenvalue weighted by Gasteiger charge is -2.18. The zero-order valence-corrected chi connectivity index (χ0v) is 11.4. The molecule has 0 fully saturated rings. The van der Waals surface area contributed by atoms with Crippen LogP contribution in [0.5, 0.6) is 17.2 Å². The van der Waals surface area contributed by atoms with Crippen molar-refractivity contribution in [2.45, 2.75) is 33.4 Å². The minimum Gasteiger partial charge on any atom is -0.493 e. The van der Waals surface area contributed by atoms with Crippen LogP contribution in [0.25, 0.3) is 0 Å². The van der Waals surface area contributed by atoms with Crippen LogP contribution >= 0.6 is 0 Å². The lowest BCUT2D eigenvalue weighted by atomic mass is 10.1. The Morgan fingerprint density at radius 1 is 1.28 bits per heavy atom. The number of methoxy groups -OCH3 is 1. The maximum absolute atomic E-state index is 5.41. The van der Waals surface area contributed by atoms with Gasteiger partial charge in [0.15, 0.2) is 11.5 Å². The number of benzene rings is 1. The second-order valence-corrected chi connectivity index (χ2v) is 4.95.